The van der Waals surface area contributed by atoms with Crippen molar-refractivity contribution >= 4 is 83.9 Å². The van der Waals surface area contributed by atoms with E-state index >= 15 is 0 Å². The average Bonchev–Trinajstić information content (AvgIpc) is 3.99. The number of nitrogens with zero attached hydrogens (tertiary/aromatic N) is 5. The van der Waals surface area contributed by atoms with E-state index in [1.54, 1.807) is 6.08 Å². The van der Waals surface area contributed by atoms with Crippen molar-refractivity contribution < 1.29 is 0 Å². The van der Waals surface area contributed by atoms with Gasteiger partial charge in [0.1, 0.15) is 0 Å². The van der Waals surface area contributed by atoms with Gasteiger partial charge >= 0.3 is 0 Å². The zero-order valence-corrected chi connectivity index (χ0v) is 43.6. The molecule has 2 heterocycles. The van der Waals surface area contributed by atoms with Gasteiger partial charge in [-0.05, 0) is 129 Å². The third-order valence-corrected chi connectivity index (χ3v) is 13.5. The fourth-order valence-electron chi connectivity index (χ4n) is 9.99. The molecule has 0 atom stereocenters. The molecule has 0 N–H and O–H groups in total. The molecule has 76 heavy (non-hydrogen) atoms. The van der Waals surface area contributed by atoms with E-state index in [1.807, 2.05) is 38.2 Å². The Bertz CT molecular complexity index is 3790. The van der Waals surface area contributed by atoms with Crippen LogP contribution in [-0.4, -0.2) is 29.3 Å². The predicted octanol–water partition coefficient (Wildman–Crippen LogP) is 18.9. The highest BCUT2D eigenvalue weighted by Crippen LogP contribution is 2.42. The number of hydrogen-bond acceptors (Lipinski definition) is 3. The first-order chi connectivity index (χ1) is 37.6. The van der Waals surface area contributed by atoms with Gasteiger partial charge in [0, 0.05) is 93.3 Å². The second-order valence-electron chi connectivity index (χ2n) is 18.1. The van der Waals surface area contributed by atoms with E-state index in [4.69, 9.17) is 0 Å². The van der Waals surface area contributed by atoms with Crippen molar-refractivity contribution in [2.24, 2.45) is 0 Å². The molecule has 0 aliphatic heterocycles. The van der Waals surface area contributed by atoms with E-state index in [-0.39, 0.29) is 0 Å². The maximum atomic E-state index is 4.00. The molecule has 5 nitrogen and oxygen atoms in total. The van der Waals surface area contributed by atoms with E-state index in [0.717, 1.165) is 57.3 Å². The van der Waals surface area contributed by atoms with Gasteiger partial charge in [0.15, 0.2) is 0 Å². The number of benzene rings is 8. The summed E-state index contributed by atoms with van der Waals surface area (Å²) >= 11 is 0. The lowest BCUT2D eigenvalue weighted by Crippen LogP contribution is -2.18. The van der Waals surface area contributed by atoms with Crippen LogP contribution in [0.15, 0.2) is 280 Å². The predicted molar refractivity (Wildman–Crippen MR) is 332 cm³/mol. The number of rotatable bonds is 18. The van der Waals surface area contributed by atoms with Crippen molar-refractivity contribution in [2.45, 2.75) is 13.8 Å². The van der Waals surface area contributed by atoms with Crippen LogP contribution in [0.4, 0.5) is 34.1 Å². The second-order valence-corrected chi connectivity index (χ2v) is 18.1. The van der Waals surface area contributed by atoms with Crippen LogP contribution < -0.4 is 14.7 Å². The number of allylic oxidation sites excluding steroid dienone is 12. The van der Waals surface area contributed by atoms with Crippen LogP contribution in [0.5, 0.6) is 0 Å². The minimum atomic E-state index is 0.662. The summed E-state index contributed by atoms with van der Waals surface area (Å²) in [4.78, 5) is 7.06. The fourth-order valence-corrected chi connectivity index (χ4v) is 9.99. The molecule has 0 amide bonds. The molecule has 5 heteroatoms. The van der Waals surface area contributed by atoms with Crippen LogP contribution in [0.2, 0.25) is 0 Å². The highest BCUT2D eigenvalue weighted by molar-refractivity contribution is 6.11. The number of likely N-dealkylation sites (N-methyl/N-ethyl adjacent to an activating group) is 1. The molecule has 2 aromatic heterocycles. The summed E-state index contributed by atoms with van der Waals surface area (Å²) in [6, 6.07) is 68.5. The smallest absolute Gasteiger partial charge is 0.0541 e. The van der Waals surface area contributed by atoms with Crippen molar-refractivity contribution in [2.75, 3.05) is 34.8 Å². The van der Waals surface area contributed by atoms with Crippen LogP contribution >= 0.6 is 0 Å². The first-order valence-electron chi connectivity index (χ1n) is 25.8. The molecule has 0 bridgehead atoms. The zero-order chi connectivity index (χ0) is 52.6. The molecule has 0 aliphatic rings. The van der Waals surface area contributed by atoms with Crippen molar-refractivity contribution in [3.63, 3.8) is 0 Å². The lowest BCUT2D eigenvalue weighted by molar-refractivity contribution is 1.03. The molecular weight excluding hydrogens is 923 g/mol. The first-order valence-corrected chi connectivity index (χ1v) is 25.8. The summed E-state index contributed by atoms with van der Waals surface area (Å²) in [6.07, 6.45) is 39.0. The van der Waals surface area contributed by atoms with Crippen molar-refractivity contribution in [1.82, 2.24) is 9.13 Å². The molecule has 372 valence electrons. The van der Waals surface area contributed by atoms with Gasteiger partial charge in [0.25, 0.3) is 0 Å². The Morgan fingerprint density at radius 3 is 1.68 bits per heavy atom. The number of terminal acetylenes is 1. The fraction of sp³-hybridized carbons (Fsp3) is 0.0704. The number of aromatic nitrogens is 2. The quantitative estimate of drug-likeness (QED) is 0.0631. The SMILES string of the molecule is C#C.C=C/C=C\C=C/CN(c1ccc(N(c2ccc(-n3c4ccccc4c4ccccc43)cc2)c2ccc3c(c2)c2ccccc2n3/C=C/C=C\C=C/C)cc1)c1cccc(-c2ccccc2N(C)C/C=C\C=C/C)c1. The summed E-state index contributed by atoms with van der Waals surface area (Å²) in [5.74, 6) is 0. The molecule has 0 spiro atoms. The summed E-state index contributed by atoms with van der Waals surface area (Å²) in [6.45, 7) is 9.40. The van der Waals surface area contributed by atoms with Crippen molar-refractivity contribution in [1.29, 1.82) is 0 Å². The molecule has 0 aliphatic carbocycles. The lowest BCUT2D eigenvalue weighted by Gasteiger charge is -2.28. The van der Waals surface area contributed by atoms with Gasteiger partial charge in [-0.1, -0.05) is 170 Å². The molecule has 0 unspecified atom stereocenters. The molecule has 8 aromatic carbocycles. The third-order valence-electron chi connectivity index (χ3n) is 13.5. The Labute approximate surface area is 448 Å². The van der Waals surface area contributed by atoms with Crippen LogP contribution in [0, 0.1) is 12.8 Å². The highest BCUT2D eigenvalue weighted by atomic mass is 15.2. The van der Waals surface area contributed by atoms with Crippen molar-refractivity contribution in [3.05, 3.63) is 280 Å². The van der Waals surface area contributed by atoms with Gasteiger partial charge in [-0.2, -0.15) is 0 Å². The van der Waals surface area contributed by atoms with Gasteiger partial charge < -0.3 is 23.8 Å². The van der Waals surface area contributed by atoms with Gasteiger partial charge in [0.2, 0.25) is 0 Å². The standard InChI is InChI=1S/C69H61N5.C2H2/c1-5-8-11-14-25-49-71(58-29-27-28-53(51-58)60-30-16-20-34-65(60)70(4)48-24-13-10-7-3)54-38-40-55(41-39-54)73(56-42-44-57(45-43-56)74-68-36-22-18-31-61(68)62-32-19-23-37-69(62)74)59-46-47-67-64(52-59)63-33-17-21-35-66(63)72(67)50-26-15-12-9-6-2;1-2/h5-47,50-52H,1,48-49H2,2-4H3;1-2H/b9-6-,10-7-,11-8-,15-12-,24-13-,25-14-,50-26+;. The van der Waals surface area contributed by atoms with Crippen LogP contribution in [0.1, 0.15) is 13.8 Å². The molecule has 0 saturated carbocycles. The normalized spacial score (nSPS) is 12.0. The van der Waals surface area contributed by atoms with Crippen LogP contribution in [0.3, 0.4) is 0 Å². The van der Waals surface area contributed by atoms with Crippen molar-refractivity contribution in [3.8, 4) is 29.7 Å². The van der Waals surface area contributed by atoms with Crippen LogP contribution in [-0.2, 0) is 0 Å². The Morgan fingerprint density at radius 2 is 0.987 bits per heavy atom. The van der Waals surface area contributed by atoms with Gasteiger partial charge in [-0.25, -0.2) is 0 Å². The largest absolute Gasteiger partial charge is 0.370 e. The Balaban J connectivity index is 0.00000349. The number of hydrogen-bond donors (Lipinski definition) is 0. The minimum Gasteiger partial charge on any atom is -0.370 e. The number of anilines is 6. The molecule has 0 fully saturated rings. The Kier molecular flexibility index (Phi) is 16.7. The van der Waals surface area contributed by atoms with Gasteiger partial charge in [-0.3, -0.25) is 0 Å². The first kappa shape index (κ1) is 51.2. The van der Waals surface area contributed by atoms with Gasteiger partial charge in [-0.15, -0.1) is 12.8 Å². The number of para-hydroxylation sites is 4. The lowest BCUT2D eigenvalue weighted by atomic mass is 10.0. The highest BCUT2D eigenvalue weighted by Gasteiger charge is 2.19. The van der Waals surface area contributed by atoms with E-state index < -0.39 is 0 Å². The molecule has 0 saturated heterocycles. The maximum absolute atomic E-state index is 4.00. The zero-order valence-electron chi connectivity index (χ0n) is 43.6. The summed E-state index contributed by atoms with van der Waals surface area (Å²) in [7, 11) is 2.15. The van der Waals surface area contributed by atoms with E-state index in [1.165, 1.54) is 43.8 Å². The monoisotopic (exact) mass is 986 g/mol. The molecule has 10 rings (SSSR count). The maximum Gasteiger partial charge on any atom is 0.0541 e. The summed E-state index contributed by atoms with van der Waals surface area (Å²) in [5.41, 5.74) is 14.7. The van der Waals surface area contributed by atoms with Gasteiger partial charge in [0.05, 0.1) is 22.1 Å². The molecule has 0 radical (unpaired) electrons. The van der Waals surface area contributed by atoms with E-state index in [2.05, 4.69) is 299 Å². The second kappa shape index (κ2) is 24.8. The summed E-state index contributed by atoms with van der Waals surface area (Å²) < 4.78 is 4.67. The van der Waals surface area contributed by atoms with E-state index in [9.17, 15) is 0 Å². The molecular formula is C71H63N5. The summed E-state index contributed by atoms with van der Waals surface area (Å²) in [5, 5.41) is 4.88. The third kappa shape index (κ3) is 10.9. The topological polar surface area (TPSA) is 19.6 Å². The average molecular weight is 986 g/mol. The van der Waals surface area contributed by atoms with Crippen LogP contribution in [0.25, 0.3) is 66.6 Å². The Morgan fingerprint density at radius 1 is 0.447 bits per heavy atom. The molecule has 10 aromatic rings. The minimum absolute atomic E-state index is 0.662. The number of fused-ring (bicyclic) bond motifs is 6. The Hall–Kier alpha value is -9.76. The van der Waals surface area contributed by atoms with E-state index in [0.29, 0.717) is 6.54 Å².